The summed E-state index contributed by atoms with van der Waals surface area (Å²) < 4.78 is 64.4. The van der Waals surface area contributed by atoms with Crippen molar-refractivity contribution in [2.75, 3.05) is 25.2 Å². The molecule has 0 aromatic heterocycles. The lowest BCUT2D eigenvalue weighted by Crippen LogP contribution is -2.50. The van der Waals surface area contributed by atoms with E-state index in [-0.39, 0.29) is 35.4 Å². The molecule has 12 heteroatoms. The summed E-state index contributed by atoms with van der Waals surface area (Å²) in [7, 11) is 1.03. The van der Waals surface area contributed by atoms with E-state index in [2.05, 4.69) is 43.0 Å². The van der Waals surface area contributed by atoms with Crippen molar-refractivity contribution in [1.82, 2.24) is 5.32 Å². The average molecular weight is 589 g/mol. The molecule has 1 aliphatic heterocycles. The fourth-order valence-corrected chi connectivity index (χ4v) is 6.01. The predicted octanol–water partition coefficient (Wildman–Crippen LogP) is 5.97. The lowest BCUT2D eigenvalue weighted by molar-refractivity contribution is -0.389. The molecule has 1 saturated heterocycles. The highest BCUT2D eigenvalue weighted by atomic mass is 32.2. The quantitative estimate of drug-likeness (QED) is 0.201. The fourth-order valence-electron chi connectivity index (χ4n) is 4.71. The third-order valence-corrected chi connectivity index (χ3v) is 8.22. The number of aliphatic hydroxyl groups excluding tert-OH is 1. The number of ether oxygens (including phenoxy) is 2. The van der Waals surface area contributed by atoms with Crippen LogP contribution in [0.2, 0.25) is 0 Å². The van der Waals surface area contributed by atoms with Crippen molar-refractivity contribution >= 4 is 17.4 Å². The normalized spacial score (nSPS) is 21.6. The van der Waals surface area contributed by atoms with E-state index in [9.17, 15) is 32.8 Å². The third-order valence-electron chi connectivity index (χ3n) is 6.96. The highest BCUT2D eigenvalue weighted by molar-refractivity contribution is 7.99. The second-order valence-electron chi connectivity index (χ2n) is 11.1. The van der Waals surface area contributed by atoms with Crippen molar-refractivity contribution < 1.29 is 37.1 Å². The Morgan fingerprint density at radius 3 is 2.50 bits per heavy atom. The highest BCUT2D eigenvalue weighted by Crippen LogP contribution is 2.37. The predicted molar refractivity (Wildman–Crippen MR) is 146 cm³/mol. The van der Waals surface area contributed by atoms with E-state index in [0.717, 1.165) is 24.8 Å². The summed E-state index contributed by atoms with van der Waals surface area (Å²) >= 11 is 1.59. The Morgan fingerprint density at radius 1 is 1.20 bits per heavy atom. The Hall–Kier alpha value is -2.41. The van der Waals surface area contributed by atoms with Gasteiger partial charge in [-0.05, 0) is 59.3 Å². The van der Waals surface area contributed by atoms with Gasteiger partial charge in [0, 0.05) is 24.9 Å². The minimum Gasteiger partial charge on any atom is -0.471 e. The van der Waals surface area contributed by atoms with Crippen LogP contribution in [0.4, 0.5) is 23.2 Å². The first kappa shape index (κ1) is 32.1. The molecule has 0 unspecified atom stereocenters. The first-order valence-electron chi connectivity index (χ1n) is 12.9. The molecule has 222 valence electrons. The van der Waals surface area contributed by atoms with Crippen molar-refractivity contribution in [3.63, 3.8) is 0 Å². The van der Waals surface area contributed by atoms with Gasteiger partial charge in [-0.1, -0.05) is 45.0 Å². The third kappa shape index (κ3) is 8.08. The molecule has 1 heterocycles. The van der Waals surface area contributed by atoms with Crippen molar-refractivity contribution in [2.45, 2.75) is 70.0 Å². The average Bonchev–Trinajstić information content (AvgIpc) is 2.84. The summed E-state index contributed by atoms with van der Waals surface area (Å²) in [6, 6.07) is 9.82. The molecule has 5 atom stereocenters. The van der Waals surface area contributed by atoms with Crippen molar-refractivity contribution in [3.05, 3.63) is 69.0 Å². The van der Waals surface area contributed by atoms with Gasteiger partial charge in [0.25, 0.3) is 0 Å². The Bertz CT molecular complexity index is 1170. The number of rotatable bonds is 10. The first-order chi connectivity index (χ1) is 18.6. The maximum absolute atomic E-state index is 14.8. The van der Waals surface area contributed by atoms with Crippen molar-refractivity contribution in [1.29, 1.82) is 0 Å². The van der Waals surface area contributed by atoms with E-state index >= 15 is 0 Å². The smallest absolute Gasteiger partial charge is 0.427 e. The van der Waals surface area contributed by atoms with Gasteiger partial charge in [-0.2, -0.15) is 29.3 Å². The van der Waals surface area contributed by atoms with E-state index in [1.54, 1.807) is 11.8 Å². The van der Waals surface area contributed by atoms with Gasteiger partial charge in [0.1, 0.15) is 0 Å². The van der Waals surface area contributed by atoms with Gasteiger partial charge in [0.2, 0.25) is 17.7 Å². The van der Waals surface area contributed by atoms with Gasteiger partial charge in [-0.25, -0.2) is 0 Å². The number of hydrogen-bond acceptors (Lipinski definition) is 7. The fraction of sp³-hybridized carbons (Fsp3) is 0.571. The zero-order chi connectivity index (χ0) is 29.8. The summed E-state index contributed by atoms with van der Waals surface area (Å²) in [5.41, 5.74) is 1.24. The lowest BCUT2D eigenvalue weighted by Gasteiger charge is -2.37. The number of hydrogen-bond donors (Lipinski definition) is 2. The van der Waals surface area contributed by atoms with E-state index in [0.29, 0.717) is 11.5 Å². The molecular weight excluding hydrogens is 552 g/mol. The SMILES string of the molecule is COC[C@@H](Oc1cc(C[C@@H]2CSC[C@H](N[C@@H](C)c3cccc(C(C)(C)C)c3)[C@H]2O)cc(F)c1[N+](=O)[O-])C(F)(F)F. The van der Waals surface area contributed by atoms with Gasteiger partial charge in [-0.3, -0.25) is 10.1 Å². The molecule has 2 N–H and O–H groups in total. The molecule has 0 saturated carbocycles. The minimum absolute atomic E-state index is 0.0205. The molecule has 3 rings (SSSR count). The van der Waals surface area contributed by atoms with Crippen LogP contribution < -0.4 is 10.1 Å². The van der Waals surface area contributed by atoms with Crippen LogP contribution in [-0.4, -0.2) is 59.7 Å². The largest absolute Gasteiger partial charge is 0.471 e. The van der Waals surface area contributed by atoms with E-state index in [1.165, 1.54) is 5.56 Å². The van der Waals surface area contributed by atoms with Gasteiger partial charge in [0.05, 0.1) is 17.6 Å². The number of halogens is 4. The number of nitro benzene ring substituents is 1. The summed E-state index contributed by atoms with van der Waals surface area (Å²) in [5, 5.41) is 26.1. The van der Waals surface area contributed by atoms with Crippen LogP contribution in [0.3, 0.4) is 0 Å². The van der Waals surface area contributed by atoms with E-state index in [4.69, 9.17) is 4.74 Å². The lowest BCUT2D eigenvalue weighted by atomic mass is 9.85. The summed E-state index contributed by atoms with van der Waals surface area (Å²) in [5.74, 6) is -1.36. The number of methoxy groups -OCH3 is 1. The molecule has 2 aromatic carbocycles. The Morgan fingerprint density at radius 2 is 1.90 bits per heavy atom. The second-order valence-corrected chi connectivity index (χ2v) is 12.2. The van der Waals surface area contributed by atoms with Gasteiger partial charge in [0.15, 0.2) is 0 Å². The zero-order valence-corrected chi connectivity index (χ0v) is 23.9. The first-order valence-corrected chi connectivity index (χ1v) is 14.1. The molecule has 1 fully saturated rings. The number of benzene rings is 2. The Labute approximate surface area is 235 Å². The molecule has 40 heavy (non-hydrogen) atoms. The molecule has 0 radical (unpaired) electrons. The van der Waals surface area contributed by atoms with Crippen molar-refractivity contribution in [3.8, 4) is 5.75 Å². The topological polar surface area (TPSA) is 93.9 Å². The Kier molecular flexibility index (Phi) is 10.5. The molecule has 1 aliphatic rings. The molecule has 7 nitrogen and oxygen atoms in total. The molecular formula is C28H36F4N2O5S. The number of aliphatic hydroxyl groups is 1. The number of nitrogens with zero attached hydrogens (tertiary/aromatic N) is 1. The molecule has 0 amide bonds. The van der Waals surface area contributed by atoms with Crippen LogP contribution in [0.5, 0.6) is 5.75 Å². The number of thioether (sulfide) groups is 1. The summed E-state index contributed by atoms with van der Waals surface area (Å²) in [6.07, 6.45) is -8.16. The molecule has 0 bridgehead atoms. The van der Waals surface area contributed by atoms with Gasteiger partial charge >= 0.3 is 11.9 Å². The highest BCUT2D eigenvalue weighted by Gasteiger charge is 2.43. The van der Waals surface area contributed by atoms with Crippen LogP contribution >= 0.6 is 11.8 Å². The second kappa shape index (κ2) is 13.1. The zero-order valence-electron chi connectivity index (χ0n) is 23.1. The maximum atomic E-state index is 14.8. The number of nitro groups is 1. The van der Waals surface area contributed by atoms with E-state index in [1.807, 2.05) is 19.1 Å². The monoisotopic (exact) mass is 588 g/mol. The molecule has 0 aliphatic carbocycles. The summed E-state index contributed by atoms with van der Waals surface area (Å²) in [6.45, 7) is 7.49. The molecule has 2 aromatic rings. The number of alkyl halides is 3. The van der Waals surface area contributed by atoms with Gasteiger partial charge < -0.3 is 19.9 Å². The Balaban J connectivity index is 1.79. The summed E-state index contributed by atoms with van der Waals surface area (Å²) in [4.78, 5) is 10.3. The standard InChI is InChI=1S/C28H36F4N2O5S/c1-16(18-7-6-8-20(12-18)27(2,3)4)33-22-15-40-14-19(26(22)35)9-17-10-21(29)25(34(36)37)23(11-17)39-24(13-38-5)28(30,31)32/h6-8,10-12,16,19,22,24,26,33,35H,9,13-15H2,1-5H3/t16-,19+,22-,24+,26-/m0/s1. The maximum Gasteiger partial charge on any atom is 0.427 e. The van der Waals surface area contributed by atoms with Crippen LogP contribution in [0.15, 0.2) is 36.4 Å². The molecule has 0 spiro atoms. The van der Waals surface area contributed by atoms with Crippen LogP contribution in [-0.2, 0) is 16.6 Å². The van der Waals surface area contributed by atoms with E-state index < -0.39 is 47.2 Å². The van der Waals surface area contributed by atoms with Crippen LogP contribution in [0.1, 0.15) is 50.4 Å². The minimum atomic E-state index is -4.89. The van der Waals surface area contributed by atoms with Crippen LogP contribution in [0, 0.1) is 21.8 Å². The number of nitrogens with one attached hydrogen (secondary N) is 1. The van der Waals surface area contributed by atoms with Crippen LogP contribution in [0.25, 0.3) is 0 Å². The van der Waals surface area contributed by atoms with Gasteiger partial charge in [-0.15, -0.1) is 0 Å². The van der Waals surface area contributed by atoms with Crippen molar-refractivity contribution in [2.24, 2.45) is 5.92 Å².